The fraction of sp³-hybridized carbons (Fsp3) is 0.412. The molecule has 0 atom stereocenters. The maximum absolute atomic E-state index is 11.9. The van der Waals surface area contributed by atoms with Crippen molar-refractivity contribution >= 4 is 33.5 Å². The summed E-state index contributed by atoms with van der Waals surface area (Å²) in [4.78, 5) is 18.2. The summed E-state index contributed by atoms with van der Waals surface area (Å²) in [5, 5.41) is 6.07. The minimum atomic E-state index is -0.0235. The number of aliphatic imine (C=N–C) groups is 1. The number of carbonyl (C=O) groups excluding carboxylic acids is 1. The number of benzene rings is 1. The molecule has 0 radical (unpaired) electrons. The molecule has 2 N–H and O–H groups in total. The van der Waals surface area contributed by atoms with E-state index in [-0.39, 0.29) is 5.91 Å². The topological polar surface area (TPSA) is 56.7 Å². The Labute approximate surface area is 147 Å². The maximum atomic E-state index is 11.9. The molecular weight excluding hydrogens is 356 g/mol. The first kappa shape index (κ1) is 19.2. The highest BCUT2D eigenvalue weighted by molar-refractivity contribution is 9.10. The summed E-state index contributed by atoms with van der Waals surface area (Å²) >= 11 is 3.37. The van der Waals surface area contributed by atoms with Gasteiger partial charge in [0, 0.05) is 43.8 Å². The molecule has 0 heterocycles. The van der Waals surface area contributed by atoms with E-state index in [1.807, 2.05) is 37.4 Å². The first-order chi connectivity index (χ1) is 11.1. The zero-order chi connectivity index (χ0) is 17.1. The number of nitrogens with one attached hydrogen (secondary N) is 2. The highest BCUT2D eigenvalue weighted by Gasteiger charge is 2.07. The van der Waals surface area contributed by atoms with Gasteiger partial charge in [-0.25, -0.2) is 0 Å². The number of allylic oxidation sites excluding steroid dienone is 1. The predicted octanol–water partition coefficient (Wildman–Crippen LogP) is 3.25. The van der Waals surface area contributed by atoms with Crippen molar-refractivity contribution in [3.8, 4) is 0 Å². The van der Waals surface area contributed by atoms with Gasteiger partial charge in [-0.15, -0.1) is 6.58 Å². The lowest BCUT2D eigenvalue weighted by atomic mass is 10.3. The highest BCUT2D eigenvalue weighted by atomic mass is 79.9. The number of hydrogen-bond donors (Lipinski definition) is 2. The molecular formula is C17H25BrN4O. The molecule has 6 heteroatoms. The molecule has 0 aliphatic carbocycles. The molecule has 1 aromatic carbocycles. The number of halogens is 1. The second kappa shape index (κ2) is 10.8. The van der Waals surface area contributed by atoms with Gasteiger partial charge in [0.25, 0.3) is 0 Å². The molecule has 126 valence electrons. The Hall–Kier alpha value is -1.82. The molecule has 0 saturated heterocycles. The van der Waals surface area contributed by atoms with Gasteiger partial charge >= 0.3 is 0 Å². The second-order valence-corrected chi connectivity index (χ2v) is 6.05. The van der Waals surface area contributed by atoms with Gasteiger partial charge in [0.05, 0.1) is 0 Å². The van der Waals surface area contributed by atoms with Crippen LogP contribution in [-0.2, 0) is 4.79 Å². The lowest BCUT2D eigenvalue weighted by molar-refractivity contribution is -0.116. The zero-order valence-corrected chi connectivity index (χ0v) is 15.4. The van der Waals surface area contributed by atoms with Crippen LogP contribution >= 0.6 is 15.9 Å². The molecule has 23 heavy (non-hydrogen) atoms. The van der Waals surface area contributed by atoms with Gasteiger partial charge in [0.2, 0.25) is 5.91 Å². The summed E-state index contributed by atoms with van der Waals surface area (Å²) in [6.45, 7) is 5.16. The number of rotatable bonds is 8. The van der Waals surface area contributed by atoms with Crippen molar-refractivity contribution in [1.82, 2.24) is 10.2 Å². The van der Waals surface area contributed by atoms with Crippen molar-refractivity contribution in [2.45, 2.75) is 19.3 Å². The fourth-order valence-corrected chi connectivity index (χ4v) is 2.27. The normalized spacial score (nSPS) is 11.0. The Morgan fingerprint density at radius 1 is 1.39 bits per heavy atom. The van der Waals surface area contributed by atoms with Gasteiger partial charge in [-0.2, -0.15) is 0 Å². The van der Waals surface area contributed by atoms with Crippen molar-refractivity contribution < 1.29 is 4.79 Å². The number of carbonyl (C=O) groups is 1. The van der Waals surface area contributed by atoms with Crippen molar-refractivity contribution in [2.24, 2.45) is 4.99 Å². The van der Waals surface area contributed by atoms with Crippen LogP contribution in [-0.4, -0.2) is 44.0 Å². The van der Waals surface area contributed by atoms with Gasteiger partial charge in [-0.3, -0.25) is 9.79 Å². The van der Waals surface area contributed by atoms with E-state index < -0.39 is 0 Å². The van der Waals surface area contributed by atoms with Gasteiger partial charge < -0.3 is 15.5 Å². The van der Waals surface area contributed by atoms with E-state index in [2.05, 4.69) is 43.0 Å². The standard InChI is InChI=1S/C17H25BrN4O/c1-4-5-6-13-22(3)17(19-2)20-12-11-16(23)21-15-9-7-14(18)8-10-15/h4,7-10H,1,5-6,11-13H2,2-3H3,(H,19,20)(H,21,23). The molecule has 0 aliphatic heterocycles. The monoisotopic (exact) mass is 380 g/mol. The van der Waals surface area contributed by atoms with Gasteiger partial charge in [-0.05, 0) is 37.1 Å². The van der Waals surface area contributed by atoms with E-state index in [4.69, 9.17) is 0 Å². The fourth-order valence-electron chi connectivity index (χ4n) is 2.01. The maximum Gasteiger partial charge on any atom is 0.226 e. The van der Waals surface area contributed by atoms with Gasteiger partial charge in [0.15, 0.2) is 5.96 Å². The third kappa shape index (κ3) is 7.83. The van der Waals surface area contributed by atoms with Crippen LogP contribution in [0.3, 0.4) is 0 Å². The molecule has 0 unspecified atom stereocenters. The Bertz CT molecular complexity index is 528. The summed E-state index contributed by atoms with van der Waals surface area (Å²) in [6, 6.07) is 7.52. The second-order valence-electron chi connectivity index (χ2n) is 5.13. The van der Waals surface area contributed by atoms with Crippen LogP contribution in [0.2, 0.25) is 0 Å². The third-order valence-electron chi connectivity index (χ3n) is 3.24. The minimum absolute atomic E-state index is 0.0235. The molecule has 0 saturated carbocycles. The highest BCUT2D eigenvalue weighted by Crippen LogP contribution is 2.14. The summed E-state index contributed by atoms with van der Waals surface area (Å²) in [5.41, 5.74) is 0.795. The van der Waals surface area contributed by atoms with Crippen molar-refractivity contribution in [1.29, 1.82) is 0 Å². The SMILES string of the molecule is C=CCCCN(C)C(=NC)NCCC(=O)Nc1ccc(Br)cc1. The molecule has 5 nitrogen and oxygen atoms in total. The van der Waals surface area contributed by atoms with Crippen LogP contribution in [0, 0.1) is 0 Å². The minimum Gasteiger partial charge on any atom is -0.356 e. The van der Waals surface area contributed by atoms with E-state index in [9.17, 15) is 4.79 Å². The predicted molar refractivity (Wildman–Crippen MR) is 101 cm³/mol. The Balaban J connectivity index is 2.31. The summed E-state index contributed by atoms with van der Waals surface area (Å²) in [7, 11) is 3.73. The molecule has 0 bridgehead atoms. The third-order valence-corrected chi connectivity index (χ3v) is 3.77. The number of guanidine groups is 1. The van der Waals surface area contributed by atoms with Crippen molar-refractivity contribution in [2.75, 3.05) is 32.5 Å². The zero-order valence-electron chi connectivity index (χ0n) is 13.8. The van der Waals surface area contributed by atoms with Crippen molar-refractivity contribution in [3.63, 3.8) is 0 Å². The number of unbranched alkanes of at least 4 members (excludes halogenated alkanes) is 1. The first-order valence-corrected chi connectivity index (χ1v) is 8.44. The van der Waals surface area contributed by atoms with E-state index in [0.29, 0.717) is 13.0 Å². The van der Waals surface area contributed by atoms with Gasteiger partial charge in [0.1, 0.15) is 0 Å². The van der Waals surface area contributed by atoms with Crippen molar-refractivity contribution in [3.05, 3.63) is 41.4 Å². The molecule has 1 aromatic rings. The molecule has 0 aromatic heterocycles. The molecule has 0 fully saturated rings. The van der Waals surface area contributed by atoms with Crippen LogP contribution in [0.4, 0.5) is 5.69 Å². The lowest BCUT2D eigenvalue weighted by Crippen LogP contribution is -2.40. The summed E-state index contributed by atoms with van der Waals surface area (Å²) < 4.78 is 0.987. The van der Waals surface area contributed by atoms with Crippen LogP contribution in [0.25, 0.3) is 0 Å². The average Bonchev–Trinajstić information content (AvgIpc) is 2.54. The van der Waals surface area contributed by atoms with Gasteiger partial charge in [-0.1, -0.05) is 22.0 Å². The quantitative estimate of drug-likeness (QED) is 0.315. The molecule has 1 rings (SSSR count). The number of nitrogens with zero attached hydrogens (tertiary/aromatic N) is 2. The van der Waals surface area contributed by atoms with E-state index in [1.54, 1.807) is 7.05 Å². The molecule has 0 spiro atoms. The molecule has 0 aliphatic rings. The summed E-state index contributed by atoms with van der Waals surface area (Å²) in [5.74, 6) is 0.773. The number of amides is 1. The van der Waals surface area contributed by atoms with E-state index in [1.165, 1.54) is 0 Å². The van der Waals surface area contributed by atoms with Crippen LogP contribution in [0.15, 0.2) is 46.4 Å². The Morgan fingerprint density at radius 2 is 2.09 bits per heavy atom. The van der Waals surface area contributed by atoms with Crippen LogP contribution in [0.5, 0.6) is 0 Å². The van der Waals surface area contributed by atoms with E-state index in [0.717, 1.165) is 35.5 Å². The Kier molecular flexibility index (Phi) is 9.05. The van der Waals surface area contributed by atoms with Crippen LogP contribution in [0.1, 0.15) is 19.3 Å². The molecule has 1 amide bonds. The van der Waals surface area contributed by atoms with E-state index >= 15 is 0 Å². The largest absolute Gasteiger partial charge is 0.356 e. The number of anilines is 1. The Morgan fingerprint density at radius 3 is 2.70 bits per heavy atom. The summed E-state index contributed by atoms with van der Waals surface area (Å²) in [6.07, 6.45) is 4.31. The lowest BCUT2D eigenvalue weighted by Gasteiger charge is -2.21. The first-order valence-electron chi connectivity index (χ1n) is 7.65. The van der Waals surface area contributed by atoms with Crippen LogP contribution < -0.4 is 10.6 Å². The smallest absolute Gasteiger partial charge is 0.226 e. The average molecular weight is 381 g/mol. The number of hydrogen-bond acceptors (Lipinski definition) is 2.